The maximum atomic E-state index is 11.9. The van der Waals surface area contributed by atoms with Gasteiger partial charge in [-0.2, -0.15) is 0 Å². The molecule has 1 amide bonds. The van der Waals surface area contributed by atoms with E-state index in [-0.39, 0.29) is 5.91 Å². The molecule has 0 aliphatic carbocycles. The van der Waals surface area contributed by atoms with Crippen molar-refractivity contribution >= 4 is 17.7 Å². The van der Waals surface area contributed by atoms with Gasteiger partial charge in [0.1, 0.15) is 0 Å². The third-order valence-corrected chi connectivity index (χ3v) is 3.20. The number of thioether (sulfide) groups is 1. The number of carbonyl (C=O) groups excluding carboxylic acids is 1. The molecule has 0 N–H and O–H groups in total. The van der Waals surface area contributed by atoms with E-state index < -0.39 is 0 Å². The number of likely N-dealkylation sites (N-methyl/N-ethyl adjacent to an activating group) is 1. The molecule has 0 unspecified atom stereocenters. The van der Waals surface area contributed by atoms with E-state index >= 15 is 0 Å². The molecule has 1 aromatic carbocycles. The molecule has 0 fully saturated rings. The number of rotatable bonds is 5. The molecule has 0 aliphatic rings. The van der Waals surface area contributed by atoms with Crippen molar-refractivity contribution in [2.24, 2.45) is 0 Å². The van der Waals surface area contributed by atoms with Crippen molar-refractivity contribution < 1.29 is 4.79 Å². The molecule has 1 aromatic rings. The third-order valence-electron chi connectivity index (χ3n) is 2.27. The fraction of sp³-hybridized carbons (Fsp3) is 0.308. The average molecular weight is 235 g/mol. The van der Waals surface area contributed by atoms with Crippen LogP contribution in [-0.2, 0) is 4.79 Å². The van der Waals surface area contributed by atoms with Gasteiger partial charge in [0.25, 0.3) is 5.91 Å². The predicted octanol–water partition coefficient (Wildman–Crippen LogP) is 3.16. The minimum absolute atomic E-state index is 0.0267. The Labute approximate surface area is 101 Å². The van der Waals surface area contributed by atoms with Gasteiger partial charge in [0, 0.05) is 18.0 Å². The molecule has 0 saturated carbocycles. The monoisotopic (exact) mass is 235 g/mol. The molecule has 2 nitrogen and oxygen atoms in total. The largest absolute Gasteiger partial charge is 0.339 e. The summed E-state index contributed by atoms with van der Waals surface area (Å²) in [4.78, 5) is 15.3. The van der Waals surface area contributed by atoms with Crippen LogP contribution in [-0.4, -0.2) is 23.9 Å². The normalized spacial score (nSPS) is 9.88. The number of benzene rings is 1. The van der Waals surface area contributed by atoms with Crippen LogP contribution in [0, 0.1) is 0 Å². The standard InChI is InChI=1S/C13H17NOS/c1-4-14(5-2)13(15)11(3)16-12-9-7-6-8-10-12/h6-10H,3-5H2,1-2H3. The van der Waals surface area contributed by atoms with Gasteiger partial charge in [-0.15, -0.1) is 0 Å². The quantitative estimate of drug-likeness (QED) is 0.577. The van der Waals surface area contributed by atoms with Crippen molar-refractivity contribution in [2.75, 3.05) is 13.1 Å². The summed E-state index contributed by atoms with van der Waals surface area (Å²) < 4.78 is 0. The molecule has 0 heterocycles. The van der Waals surface area contributed by atoms with Crippen LogP contribution in [0.25, 0.3) is 0 Å². The van der Waals surface area contributed by atoms with E-state index in [4.69, 9.17) is 0 Å². The Bertz CT molecular complexity index is 357. The lowest BCUT2D eigenvalue weighted by atomic mass is 10.4. The third kappa shape index (κ3) is 3.42. The minimum atomic E-state index is 0.0267. The number of carbonyl (C=O) groups is 1. The molecule has 86 valence electrons. The Kier molecular flexibility index (Phi) is 5.12. The lowest BCUT2D eigenvalue weighted by molar-refractivity contribution is -0.125. The lowest BCUT2D eigenvalue weighted by Gasteiger charge is -2.19. The van der Waals surface area contributed by atoms with E-state index in [1.54, 1.807) is 4.90 Å². The fourth-order valence-electron chi connectivity index (χ4n) is 1.36. The first kappa shape index (κ1) is 12.8. The highest BCUT2D eigenvalue weighted by atomic mass is 32.2. The van der Waals surface area contributed by atoms with Crippen LogP contribution < -0.4 is 0 Å². The average Bonchev–Trinajstić information content (AvgIpc) is 2.31. The molecule has 3 heteroatoms. The SMILES string of the molecule is C=C(Sc1ccccc1)C(=O)N(CC)CC. The van der Waals surface area contributed by atoms with Gasteiger partial charge < -0.3 is 4.90 Å². The molecule has 0 spiro atoms. The van der Waals surface area contributed by atoms with Crippen LogP contribution in [0.15, 0.2) is 46.7 Å². The zero-order chi connectivity index (χ0) is 12.0. The summed E-state index contributed by atoms with van der Waals surface area (Å²) in [5.41, 5.74) is 0. The van der Waals surface area contributed by atoms with Crippen LogP contribution in [0.1, 0.15) is 13.8 Å². The molecule has 0 saturated heterocycles. The second-order valence-electron chi connectivity index (χ2n) is 3.32. The first-order chi connectivity index (χ1) is 7.69. The zero-order valence-electron chi connectivity index (χ0n) is 9.77. The second kappa shape index (κ2) is 6.38. The highest BCUT2D eigenvalue weighted by Gasteiger charge is 2.14. The Morgan fingerprint density at radius 3 is 2.31 bits per heavy atom. The van der Waals surface area contributed by atoms with Crippen LogP contribution >= 0.6 is 11.8 Å². The summed E-state index contributed by atoms with van der Waals surface area (Å²) in [6, 6.07) is 9.82. The van der Waals surface area contributed by atoms with E-state index in [0.717, 1.165) is 18.0 Å². The summed E-state index contributed by atoms with van der Waals surface area (Å²) in [6.07, 6.45) is 0. The fourth-order valence-corrected chi connectivity index (χ4v) is 2.16. The van der Waals surface area contributed by atoms with E-state index in [1.165, 1.54) is 11.8 Å². The van der Waals surface area contributed by atoms with Gasteiger partial charge in [0.05, 0.1) is 4.91 Å². The first-order valence-electron chi connectivity index (χ1n) is 5.40. The van der Waals surface area contributed by atoms with Crippen molar-refractivity contribution in [1.29, 1.82) is 0 Å². The second-order valence-corrected chi connectivity index (χ2v) is 4.48. The Morgan fingerprint density at radius 2 is 1.81 bits per heavy atom. The molecule has 0 bridgehead atoms. The smallest absolute Gasteiger partial charge is 0.259 e. The number of hydrogen-bond donors (Lipinski definition) is 0. The summed E-state index contributed by atoms with van der Waals surface area (Å²) in [5, 5.41) is 0. The van der Waals surface area contributed by atoms with E-state index in [9.17, 15) is 4.79 Å². The molecule has 0 atom stereocenters. The van der Waals surface area contributed by atoms with Crippen LogP contribution in [0.2, 0.25) is 0 Å². The summed E-state index contributed by atoms with van der Waals surface area (Å²) in [5.74, 6) is 0.0267. The highest BCUT2D eigenvalue weighted by Crippen LogP contribution is 2.26. The van der Waals surface area contributed by atoms with Crippen LogP contribution in [0.4, 0.5) is 0 Å². The number of hydrogen-bond acceptors (Lipinski definition) is 2. The van der Waals surface area contributed by atoms with Gasteiger partial charge in [-0.1, -0.05) is 36.5 Å². The molecular weight excluding hydrogens is 218 g/mol. The molecule has 16 heavy (non-hydrogen) atoms. The number of nitrogens with zero attached hydrogens (tertiary/aromatic N) is 1. The van der Waals surface area contributed by atoms with Crippen molar-refractivity contribution in [3.05, 3.63) is 41.8 Å². The topological polar surface area (TPSA) is 20.3 Å². The summed E-state index contributed by atoms with van der Waals surface area (Å²) >= 11 is 1.43. The van der Waals surface area contributed by atoms with Crippen molar-refractivity contribution in [3.8, 4) is 0 Å². The van der Waals surface area contributed by atoms with Gasteiger partial charge in [0.15, 0.2) is 0 Å². The maximum Gasteiger partial charge on any atom is 0.259 e. The van der Waals surface area contributed by atoms with Crippen molar-refractivity contribution in [3.63, 3.8) is 0 Å². The van der Waals surface area contributed by atoms with Crippen molar-refractivity contribution in [2.45, 2.75) is 18.7 Å². The van der Waals surface area contributed by atoms with Gasteiger partial charge in [-0.3, -0.25) is 4.79 Å². The maximum absolute atomic E-state index is 11.9. The molecule has 0 aliphatic heterocycles. The molecule has 0 aromatic heterocycles. The predicted molar refractivity (Wildman–Crippen MR) is 69.4 cm³/mol. The molecular formula is C13H17NOS. The van der Waals surface area contributed by atoms with Crippen LogP contribution in [0.3, 0.4) is 0 Å². The number of amides is 1. The van der Waals surface area contributed by atoms with E-state index in [2.05, 4.69) is 6.58 Å². The van der Waals surface area contributed by atoms with Crippen LogP contribution in [0.5, 0.6) is 0 Å². The molecule has 1 rings (SSSR count). The first-order valence-corrected chi connectivity index (χ1v) is 6.21. The van der Waals surface area contributed by atoms with Gasteiger partial charge >= 0.3 is 0 Å². The van der Waals surface area contributed by atoms with Gasteiger partial charge in [-0.25, -0.2) is 0 Å². The van der Waals surface area contributed by atoms with Gasteiger partial charge in [0.2, 0.25) is 0 Å². The van der Waals surface area contributed by atoms with Crippen molar-refractivity contribution in [1.82, 2.24) is 4.90 Å². The Morgan fingerprint density at radius 1 is 1.25 bits per heavy atom. The highest BCUT2D eigenvalue weighted by molar-refractivity contribution is 8.04. The van der Waals surface area contributed by atoms with Gasteiger partial charge in [-0.05, 0) is 26.0 Å². The lowest BCUT2D eigenvalue weighted by Crippen LogP contribution is -2.30. The van der Waals surface area contributed by atoms with E-state index in [1.807, 2.05) is 44.2 Å². The Balaban J connectivity index is 2.62. The van der Waals surface area contributed by atoms with E-state index in [0.29, 0.717) is 4.91 Å². The summed E-state index contributed by atoms with van der Waals surface area (Å²) in [6.45, 7) is 9.24. The molecule has 0 radical (unpaired) electrons. The Hall–Kier alpha value is -1.22. The summed E-state index contributed by atoms with van der Waals surface area (Å²) in [7, 11) is 0. The minimum Gasteiger partial charge on any atom is -0.339 e. The zero-order valence-corrected chi connectivity index (χ0v) is 10.6.